The molecule has 0 radical (unpaired) electrons. The highest BCUT2D eigenvalue weighted by Gasteiger charge is 2.39. The molecular weight excluding hydrogens is 410 g/mol. The van der Waals surface area contributed by atoms with Crippen molar-refractivity contribution in [1.82, 2.24) is 4.90 Å². The lowest BCUT2D eigenvalue weighted by molar-refractivity contribution is -0.136. The van der Waals surface area contributed by atoms with Gasteiger partial charge in [0.25, 0.3) is 5.91 Å². The van der Waals surface area contributed by atoms with E-state index in [0.29, 0.717) is 28.5 Å². The lowest BCUT2D eigenvalue weighted by Gasteiger charge is -2.26. The van der Waals surface area contributed by atoms with Crippen molar-refractivity contribution in [2.75, 3.05) is 28.4 Å². The number of carbonyl (C=O) groups excluding carboxylic acids is 2. The summed E-state index contributed by atoms with van der Waals surface area (Å²) in [5.41, 5.74) is 2.59. The lowest BCUT2D eigenvalue weighted by Crippen LogP contribution is -2.28. The third-order valence-corrected chi connectivity index (χ3v) is 5.50. The average molecular weight is 437 g/mol. The number of carbonyl (C=O) groups is 2. The minimum Gasteiger partial charge on any atom is -0.493 e. The van der Waals surface area contributed by atoms with Crippen molar-refractivity contribution >= 4 is 18.0 Å². The van der Waals surface area contributed by atoms with Gasteiger partial charge in [0.1, 0.15) is 0 Å². The maximum Gasteiger partial charge on any atom is 0.340 e. The molecule has 0 unspecified atom stereocenters. The van der Waals surface area contributed by atoms with E-state index < -0.39 is 5.97 Å². The van der Waals surface area contributed by atoms with Gasteiger partial charge in [0.15, 0.2) is 11.5 Å². The molecule has 0 N–H and O–H groups in total. The smallest absolute Gasteiger partial charge is 0.340 e. The van der Waals surface area contributed by atoms with Crippen LogP contribution in [-0.2, 0) is 14.3 Å². The molecule has 3 rings (SSSR count). The minimum absolute atomic E-state index is 0.231. The second-order valence-corrected chi connectivity index (χ2v) is 7.23. The number of hydrogen-bond donors (Lipinski definition) is 0. The Kier molecular flexibility index (Phi) is 6.88. The van der Waals surface area contributed by atoms with Gasteiger partial charge in [-0.1, -0.05) is 30.3 Å². The van der Waals surface area contributed by atoms with Crippen molar-refractivity contribution in [3.63, 3.8) is 0 Å². The van der Waals surface area contributed by atoms with E-state index in [1.54, 1.807) is 30.0 Å². The molecule has 0 aromatic heterocycles. The highest BCUT2D eigenvalue weighted by molar-refractivity contribution is 6.16. The van der Waals surface area contributed by atoms with Gasteiger partial charge >= 0.3 is 5.97 Å². The number of nitrogens with zero attached hydrogens (tertiary/aromatic N) is 1. The maximum absolute atomic E-state index is 13.5. The number of ether oxygens (including phenoxy) is 4. The van der Waals surface area contributed by atoms with Crippen LogP contribution in [0.3, 0.4) is 0 Å². The summed E-state index contributed by atoms with van der Waals surface area (Å²) in [6.45, 7) is 3.67. The summed E-state index contributed by atoms with van der Waals surface area (Å²) >= 11 is 0. The van der Waals surface area contributed by atoms with Crippen LogP contribution in [0.25, 0.3) is 6.08 Å². The van der Waals surface area contributed by atoms with Crippen LogP contribution in [0.2, 0.25) is 0 Å². The third-order valence-electron chi connectivity index (χ3n) is 5.50. The van der Waals surface area contributed by atoms with Gasteiger partial charge in [-0.25, -0.2) is 4.79 Å². The Bertz CT molecular complexity index is 1060. The van der Waals surface area contributed by atoms with Crippen LogP contribution < -0.4 is 14.2 Å². The molecule has 7 heteroatoms. The Morgan fingerprint density at radius 1 is 0.969 bits per heavy atom. The molecule has 2 aromatic rings. The van der Waals surface area contributed by atoms with Crippen molar-refractivity contribution in [2.45, 2.75) is 19.9 Å². The number of rotatable bonds is 7. The summed E-state index contributed by atoms with van der Waals surface area (Å²) in [4.78, 5) is 27.8. The molecule has 1 atom stereocenters. The molecule has 0 fully saturated rings. The molecule has 2 aromatic carbocycles. The van der Waals surface area contributed by atoms with Crippen LogP contribution in [0.15, 0.2) is 59.3 Å². The molecule has 7 nitrogen and oxygen atoms in total. The molecule has 0 saturated heterocycles. The zero-order valence-electron chi connectivity index (χ0n) is 19.1. The maximum atomic E-state index is 13.5. The van der Waals surface area contributed by atoms with E-state index in [4.69, 9.17) is 18.9 Å². The van der Waals surface area contributed by atoms with Crippen molar-refractivity contribution in [3.05, 3.63) is 70.4 Å². The largest absolute Gasteiger partial charge is 0.493 e. The highest BCUT2D eigenvalue weighted by Crippen LogP contribution is 2.41. The fourth-order valence-electron chi connectivity index (χ4n) is 3.90. The first kappa shape index (κ1) is 22.9. The number of hydrogen-bond acceptors (Lipinski definition) is 6. The van der Waals surface area contributed by atoms with Crippen LogP contribution >= 0.6 is 0 Å². The van der Waals surface area contributed by atoms with Crippen molar-refractivity contribution < 1.29 is 28.5 Å². The van der Waals surface area contributed by atoms with Crippen LogP contribution in [0.1, 0.15) is 31.0 Å². The second-order valence-electron chi connectivity index (χ2n) is 7.23. The first-order valence-corrected chi connectivity index (χ1v) is 10.1. The van der Waals surface area contributed by atoms with Crippen molar-refractivity contribution in [3.8, 4) is 17.2 Å². The van der Waals surface area contributed by atoms with Crippen LogP contribution in [0.5, 0.6) is 17.2 Å². The van der Waals surface area contributed by atoms with E-state index in [0.717, 1.165) is 5.56 Å². The molecule has 1 amide bonds. The topological polar surface area (TPSA) is 74.3 Å². The summed E-state index contributed by atoms with van der Waals surface area (Å²) in [5.74, 6) is 0.470. The fourth-order valence-corrected chi connectivity index (χ4v) is 3.90. The molecule has 1 aliphatic heterocycles. The van der Waals surface area contributed by atoms with Gasteiger partial charge in [-0.2, -0.15) is 0 Å². The Morgan fingerprint density at radius 3 is 2.06 bits per heavy atom. The molecule has 32 heavy (non-hydrogen) atoms. The summed E-state index contributed by atoms with van der Waals surface area (Å²) < 4.78 is 21.2. The molecule has 0 bridgehead atoms. The van der Waals surface area contributed by atoms with Crippen LogP contribution in [0.4, 0.5) is 0 Å². The number of methoxy groups -OCH3 is 4. The zero-order chi connectivity index (χ0) is 23.4. The van der Waals surface area contributed by atoms with Crippen molar-refractivity contribution in [2.24, 2.45) is 0 Å². The predicted octanol–water partition coefficient (Wildman–Crippen LogP) is 4.15. The van der Waals surface area contributed by atoms with Gasteiger partial charge in [0, 0.05) is 5.70 Å². The number of benzene rings is 2. The van der Waals surface area contributed by atoms with Gasteiger partial charge in [0.05, 0.1) is 45.6 Å². The Labute approximate surface area is 187 Å². The van der Waals surface area contributed by atoms with Gasteiger partial charge in [-0.3, -0.25) is 4.79 Å². The SMILES string of the molecule is COC(=O)C1=C(C)N([C@@H](C)c2ccccc2)C(=O)/C1=C\c1cc(OC)c(OC)c(OC)c1. The number of amides is 1. The Hall–Kier alpha value is -3.74. The molecule has 0 saturated carbocycles. The van der Waals surface area contributed by atoms with Gasteiger partial charge in [-0.15, -0.1) is 0 Å². The van der Waals surface area contributed by atoms with E-state index >= 15 is 0 Å². The summed E-state index contributed by atoms with van der Waals surface area (Å²) in [6.07, 6.45) is 1.64. The first-order chi connectivity index (χ1) is 15.4. The minimum atomic E-state index is -0.572. The average Bonchev–Trinajstić information content (AvgIpc) is 3.06. The van der Waals surface area contributed by atoms with E-state index in [1.807, 2.05) is 37.3 Å². The van der Waals surface area contributed by atoms with Gasteiger partial charge in [-0.05, 0) is 43.2 Å². The molecule has 1 heterocycles. The Morgan fingerprint density at radius 2 is 1.56 bits per heavy atom. The zero-order valence-corrected chi connectivity index (χ0v) is 19.1. The molecule has 168 valence electrons. The summed E-state index contributed by atoms with van der Waals surface area (Å²) in [7, 11) is 5.85. The van der Waals surface area contributed by atoms with Crippen LogP contribution in [-0.4, -0.2) is 45.2 Å². The lowest BCUT2D eigenvalue weighted by atomic mass is 10.0. The van der Waals surface area contributed by atoms with Crippen LogP contribution in [0, 0.1) is 0 Å². The third kappa shape index (κ3) is 4.06. The predicted molar refractivity (Wildman–Crippen MR) is 120 cm³/mol. The summed E-state index contributed by atoms with van der Waals surface area (Å²) in [5, 5.41) is 0. The highest BCUT2D eigenvalue weighted by atomic mass is 16.5. The molecule has 0 aliphatic carbocycles. The molecular formula is C25H27NO6. The molecule has 0 spiro atoms. The first-order valence-electron chi connectivity index (χ1n) is 10.1. The van der Waals surface area contributed by atoms with E-state index in [9.17, 15) is 9.59 Å². The van der Waals surface area contributed by atoms with Crippen molar-refractivity contribution in [1.29, 1.82) is 0 Å². The molecule has 1 aliphatic rings. The number of allylic oxidation sites excluding steroid dienone is 1. The van der Waals surface area contributed by atoms with E-state index in [2.05, 4.69) is 0 Å². The fraction of sp³-hybridized carbons (Fsp3) is 0.280. The van der Waals surface area contributed by atoms with Gasteiger partial charge in [0.2, 0.25) is 5.75 Å². The number of esters is 1. The van der Waals surface area contributed by atoms with E-state index in [1.165, 1.54) is 28.4 Å². The van der Waals surface area contributed by atoms with E-state index in [-0.39, 0.29) is 23.1 Å². The monoisotopic (exact) mass is 437 g/mol. The van der Waals surface area contributed by atoms with Gasteiger partial charge < -0.3 is 23.8 Å². The Balaban J connectivity index is 2.14. The summed E-state index contributed by atoms with van der Waals surface area (Å²) in [6, 6.07) is 12.8. The standard InChI is InChI=1S/C25H27NO6/c1-15(18-10-8-7-9-11-18)26-16(2)22(25(28)32-6)19(24(26)27)12-17-13-20(29-3)23(31-5)21(14-17)30-4/h7-15H,1-6H3/b19-12-/t15-/m0/s1. The normalized spacial score (nSPS) is 15.8. The quantitative estimate of drug-likeness (QED) is 0.479. The second kappa shape index (κ2) is 9.60.